The van der Waals surface area contributed by atoms with E-state index < -0.39 is 27.3 Å². The Hall–Kier alpha value is -4.83. The van der Waals surface area contributed by atoms with Gasteiger partial charge in [-0.2, -0.15) is 14.7 Å². The smallest absolute Gasteiger partial charge is 0.420 e. The summed E-state index contributed by atoms with van der Waals surface area (Å²) in [5.41, 5.74) is 0.300. The van der Waals surface area contributed by atoms with Gasteiger partial charge in [-0.1, -0.05) is 58.5 Å². The quantitative estimate of drug-likeness (QED) is 0.0883. The van der Waals surface area contributed by atoms with E-state index in [1.165, 1.54) is 15.2 Å². The molecule has 3 aromatic heterocycles. The minimum Gasteiger partial charge on any atom is -0.491 e. The molecule has 4 heterocycles. The third kappa shape index (κ3) is 10.0. The molecule has 2 unspecified atom stereocenters. The number of carbonyl (C=O) groups is 2. The van der Waals surface area contributed by atoms with E-state index in [1.807, 2.05) is 31.2 Å². The van der Waals surface area contributed by atoms with Crippen LogP contribution in [0.2, 0.25) is 5.31 Å². The second kappa shape index (κ2) is 18.8. The van der Waals surface area contributed by atoms with Crippen molar-refractivity contribution in [3.63, 3.8) is 0 Å². The molecule has 18 heteroatoms. The van der Waals surface area contributed by atoms with E-state index in [0.29, 0.717) is 67.6 Å². The van der Waals surface area contributed by atoms with Crippen LogP contribution in [0.1, 0.15) is 73.8 Å². The maximum absolute atomic E-state index is 13.6. The Morgan fingerprint density at radius 3 is 2.32 bits per heavy atom. The first-order valence-corrected chi connectivity index (χ1v) is 22.1. The maximum atomic E-state index is 13.6. The van der Waals surface area contributed by atoms with Crippen LogP contribution in [0.3, 0.4) is 0 Å². The molecule has 1 aromatic carbocycles. The zero-order valence-electron chi connectivity index (χ0n) is 36.4. The van der Waals surface area contributed by atoms with Crippen LogP contribution in [0.4, 0.5) is 4.79 Å². The largest absolute Gasteiger partial charge is 0.491 e. The zero-order chi connectivity index (χ0) is 43.9. The lowest BCUT2D eigenvalue weighted by molar-refractivity contribution is -0.129. The lowest BCUT2D eigenvalue weighted by atomic mass is 9.49. The highest BCUT2D eigenvalue weighted by Gasteiger charge is 2.50. The number of hydrogen-bond donors (Lipinski definition) is 1. The van der Waals surface area contributed by atoms with Crippen LogP contribution in [-0.4, -0.2) is 115 Å². The van der Waals surface area contributed by atoms with Crippen molar-refractivity contribution in [1.82, 2.24) is 33.9 Å². The highest BCUT2D eigenvalue weighted by molar-refractivity contribution is 7.89. The molecule has 1 aliphatic heterocycles. The molecular weight excluding hydrogens is 787 g/mol. The van der Waals surface area contributed by atoms with Crippen molar-refractivity contribution in [1.29, 1.82) is 5.26 Å². The summed E-state index contributed by atoms with van der Waals surface area (Å²) in [6.45, 7) is 18.5. The van der Waals surface area contributed by atoms with Gasteiger partial charge >= 0.3 is 6.09 Å². The Bertz CT molecular complexity index is 2260. The van der Waals surface area contributed by atoms with Crippen molar-refractivity contribution in [3.8, 4) is 23.1 Å². The van der Waals surface area contributed by atoms with Gasteiger partial charge in [0.25, 0.3) is 0 Å². The van der Waals surface area contributed by atoms with E-state index in [9.17, 15) is 23.3 Å². The highest BCUT2D eigenvalue weighted by atomic mass is 32.2. The second-order valence-electron chi connectivity index (χ2n) is 17.0. The fourth-order valence-electron chi connectivity index (χ4n) is 7.10. The second-order valence-corrected chi connectivity index (χ2v) is 19.3. The van der Waals surface area contributed by atoms with Crippen molar-refractivity contribution >= 4 is 40.9 Å². The molecule has 1 fully saturated rings. The third-order valence-corrected chi connectivity index (χ3v) is 14.3. The van der Waals surface area contributed by atoms with Gasteiger partial charge in [-0.05, 0) is 49.9 Å². The predicted molar refractivity (Wildman–Crippen MR) is 230 cm³/mol. The van der Waals surface area contributed by atoms with Crippen LogP contribution in [-0.2, 0) is 40.2 Å². The van der Waals surface area contributed by atoms with Crippen LogP contribution < -0.4 is 10.1 Å². The minimum atomic E-state index is -3.39. The minimum absolute atomic E-state index is 0.0191. The molecule has 0 radical (unpaired) electrons. The number of nitriles is 1. The van der Waals surface area contributed by atoms with Gasteiger partial charge in [0.15, 0.2) is 5.65 Å². The van der Waals surface area contributed by atoms with Gasteiger partial charge in [0.1, 0.15) is 37.7 Å². The normalized spacial score (nSPS) is 16.1. The van der Waals surface area contributed by atoms with Gasteiger partial charge < -0.3 is 24.3 Å². The Morgan fingerprint density at radius 2 is 1.67 bits per heavy atom. The van der Waals surface area contributed by atoms with Crippen LogP contribution >= 0.6 is 0 Å². The number of hydrogen-bond acceptors (Lipinski definition) is 12. The summed E-state index contributed by atoms with van der Waals surface area (Å²) < 4.78 is 52.2. The van der Waals surface area contributed by atoms with Gasteiger partial charge in [0, 0.05) is 48.9 Å². The lowest BCUT2D eigenvalue weighted by Crippen LogP contribution is -2.64. The number of aromatic nitrogens is 5. The van der Waals surface area contributed by atoms with Crippen molar-refractivity contribution in [2.24, 2.45) is 11.3 Å². The number of ether oxygens (including phenoxy) is 4. The summed E-state index contributed by atoms with van der Waals surface area (Å²) in [6, 6.07) is 11.2. The molecule has 16 nitrogen and oxygen atoms in total. The van der Waals surface area contributed by atoms with Crippen LogP contribution in [0.25, 0.3) is 22.3 Å². The summed E-state index contributed by atoms with van der Waals surface area (Å²) in [5.74, 6) is 0.533. The van der Waals surface area contributed by atoms with Gasteiger partial charge in [-0.15, -0.1) is 0 Å². The number of nitrogens with zero attached hydrogens (tertiary/aromatic N) is 7. The first-order valence-electron chi connectivity index (χ1n) is 20.4. The van der Waals surface area contributed by atoms with E-state index in [1.54, 1.807) is 50.1 Å². The number of nitrogens with one attached hydrogen (secondary N) is 1. The summed E-state index contributed by atoms with van der Waals surface area (Å²) in [7, 11) is -1.19. The van der Waals surface area contributed by atoms with Crippen LogP contribution in [0.5, 0.6) is 5.75 Å². The first-order chi connectivity index (χ1) is 28.3. The number of sulfonamides is 1. The molecule has 1 N–H and O–H groups in total. The summed E-state index contributed by atoms with van der Waals surface area (Å²) >= 11 is 0. The summed E-state index contributed by atoms with van der Waals surface area (Å²) in [6.07, 6.45) is 6.73. The number of rotatable bonds is 21. The Kier molecular flexibility index (Phi) is 14.5. The molecule has 0 spiro atoms. The first kappa shape index (κ1) is 46.2. The van der Waals surface area contributed by atoms with Crippen LogP contribution in [0, 0.1) is 22.7 Å². The third-order valence-electron chi connectivity index (χ3n) is 12.5. The van der Waals surface area contributed by atoms with Crippen molar-refractivity contribution in [2.45, 2.75) is 84.7 Å². The topological polar surface area (TPSA) is 193 Å². The van der Waals surface area contributed by atoms with E-state index in [0.717, 1.165) is 12.0 Å². The number of fused-ring (bicyclic) bond motifs is 1. The molecule has 0 saturated carbocycles. The molecule has 4 aromatic rings. The SMILES string of the molecule is BC(C)(CC)C(C)(C)C(C)C(=O)NCCOCCOCCOc1ccc(C(C)(C)OC(=O)n2ccc3c(-c4cnn(C5(CC#N)CN(S(=O)(=O)CC)C5)c4)ncnc32)cc1. The van der Waals surface area contributed by atoms with Gasteiger partial charge in [-0.3, -0.25) is 9.48 Å². The van der Waals surface area contributed by atoms with Crippen molar-refractivity contribution < 1.29 is 37.0 Å². The molecule has 2 atom stereocenters. The predicted octanol–water partition coefficient (Wildman–Crippen LogP) is 4.90. The van der Waals surface area contributed by atoms with E-state index in [4.69, 9.17) is 18.9 Å². The zero-order valence-corrected chi connectivity index (χ0v) is 37.2. The lowest BCUT2D eigenvalue weighted by Gasteiger charge is -2.47. The standard InChI is InChI=1S/C42H59BN8O8S/c1-9-41(8,43)39(4,5)30(3)37(52)45-18-20-56-21-22-57-23-24-58-33-13-11-32(12-14-33)40(6,7)59-38(53)50-19-15-34-35(46-29-47-36(34)50)31-25-48-51(26-31)42(16-17-44)27-49(28-42)60(54,55)10-2/h11-15,19,25-26,29-30H,9-10,16,18,20-24,27-28,43H2,1-8H3,(H,45,52). The monoisotopic (exact) mass is 846 g/mol. The molecule has 0 bridgehead atoms. The van der Waals surface area contributed by atoms with E-state index >= 15 is 0 Å². The molecule has 1 amide bonds. The Balaban J connectivity index is 1.07. The molecular formula is C42H59BN8O8S. The number of benzene rings is 1. The summed E-state index contributed by atoms with van der Waals surface area (Å²) in [4.78, 5) is 35.1. The van der Waals surface area contributed by atoms with Gasteiger partial charge in [0.05, 0.1) is 56.6 Å². The molecule has 5 rings (SSSR count). The van der Waals surface area contributed by atoms with Crippen molar-refractivity contribution in [2.75, 3.05) is 58.4 Å². The molecule has 324 valence electrons. The fourth-order valence-corrected chi connectivity index (χ4v) is 8.34. The number of carbonyl (C=O) groups excluding carboxylic acids is 2. The fraction of sp³-hybridized carbons (Fsp3) is 0.571. The molecule has 0 aliphatic carbocycles. The van der Waals surface area contributed by atoms with Gasteiger partial charge in [0.2, 0.25) is 15.9 Å². The van der Waals surface area contributed by atoms with E-state index in [-0.39, 0.29) is 47.8 Å². The molecule has 1 saturated heterocycles. The van der Waals surface area contributed by atoms with Crippen molar-refractivity contribution in [3.05, 3.63) is 60.8 Å². The molecule has 60 heavy (non-hydrogen) atoms. The van der Waals surface area contributed by atoms with E-state index in [2.05, 4.69) is 62.0 Å². The Labute approximate surface area is 354 Å². The highest BCUT2D eigenvalue weighted by Crippen LogP contribution is 2.50. The summed E-state index contributed by atoms with van der Waals surface area (Å²) in [5, 5.41) is 17.7. The van der Waals surface area contributed by atoms with Crippen LogP contribution in [0.15, 0.2) is 55.2 Å². The average Bonchev–Trinajstić information content (AvgIpc) is 3.88. The number of amides is 1. The average molecular weight is 847 g/mol. The molecule has 1 aliphatic rings. The van der Waals surface area contributed by atoms with Gasteiger partial charge in [-0.25, -0.2) is 27.7 Å². The maximum Gasteiger partial charge on any atom is 0.420 e. The Morgan fingerprint density at radius 1 is 1.00 bits per heavy atom.